The van der Waals surface area contributed by atoms with Crippen LogP contribution in [0.2, 0.25) is 0 Å². The fraction of sp³-hybridized carbons (Fsp3) is 0.192. The molecule has 0 spiro atoms. The summed E-state index contributed by atoms with van der Waals surface area (Å²) >= 11 is 0. The molecule has 13 heteroatoms. The summed E-state index contributed by atoms with van der Waals surface area (Å²) in [7, 11) is 3.51. The Labute approximate surface area is 219 Å². The molecule has 0 bridgehead atoms. The fourth-order valence-corrected chi connectivity index (χ4v) is 3.75. The number of halogens is 3. The maximum atomic E-state index is 13.4. The minimum Gasteiger partial charge on any atom is -0.405 e. The largest absolute Gasteiger partial charge is 0.573 e. The lowest BCUT2D eigenvalue weighted by molar-refractivity contribution is -0.274. The first-order chi connectivity index (χ1) is 18.5. The molecule has 0 radical (unpaired) electrons. The highest BCUT2D eigenvalue weighted by molar-refractivity contribution is 5.92. The maximum absolute atomic E-state index is 13.4. The molecule has 0 saturated heterocycles. The number of amides is 1. The Hall–Kier alpha value is -4.94. The first-order valence-electron chi connectivity index (χ1n) is 11.5. The van der Waals surface area contributed by atoms with Crippen molar-refractivity contribution in [3.8, 4) is 16.9 Å². The summed E-state index contributed by atoms with van der Waals surface area (Å²) in [6.07, 6.45) is -2.06. The Kier molecular flexibility index (Phi) is 7.79. The van der Waals surface area contributed by atoms with E-state index in [9.17, 15) is 27.6 Å². The fourth-order valence-electron chi connectivity index (χ4n) is 3.75. The van der Waals surface area contributed by atoms with E-state index >= 15 is 0 Å². The second-order valence-corrected chi connectivity index (χ2v) is 8.68. The van der Waals surface area contributed by atoms with E-state index in [1.807, 2.05) is 4.98 Å². The third-order valence-electron chi connectivity index (χ3n) is 5.52. The average Bonchev–Trinajstić information content (AvgIpc) is 2.88. The molecule has 2 aromatic carbocycles. The summed E-state index contributed by atoms with van der Waals surface area (Å²) in [5.41, 5.74) is -0.467. The van der Waals surface area contributed by atoms with E-state index in [4.69, 9.17) is 0 Å². The number of H-pyrrole nitrogens is 2. The summed E-state index contributed by atoms with van der Waals surface area (Å²) in [5, 5.41) is 0. The van der Waals surface area contributed by atoms with Gasteiger partial charge in [-0.05, 0) is 17.2 Å². The van der Waals surface area contributed by atoms with Crippen molar-refractivity contribution in [3.63, 3.8) is 0 Å². The van der Waals surface area contributed by atoms with Gasteiger partial charge in [-0.25, -0.2) is 14.8 Å². The minimum atomic E-state index is -5.01. The number of aromatic nitrogens is 4. The number of carbonyl (C=O) groups excluding carboxylic acids is 1. The van der Waals surface area contributed by atoms with Crippen LogP contribution in [0.4, 0.5) is 19.1 Å². The molecule has 39 heavy (non-hydrogen) atoms. The molecule has 2 aromatic heterocycles. The summed E-state index contributed by atoms with van der Waals surface area (Å²) in [4.78, 5) is 52.4. The van der Waals surface area contributed by atoms with Crippen molar-refractivity contribution >= 4 is 11.9 Å². The van der Waals surface area contributed by atoms with Gasteiger partial charge in [0.2, 0.25) is 5.95 Å². The van der Waals surface area contributed by atoms with Crippen LogP contribution in [0.5, 0.6) is 5.75 Å². The van der Waals surface area contributed by atoms with Crippen molar-refractivity contribution in [3.05, 3.63) is 105 Å². The highest BCUT2D eigenvalue weighted by Gasteiger charge is 2.33. The van der Waals surface area contributed by atoms with Gasteiger partial charge in [0, 0.05) is 50.2 Å². The number of hydrogen-bond donors (Lipinski definition) is 2. The molecular formula is C26H23F3N6O4. The molecule has 0 fully saturated rings. The van der Waals surface area contributed by atoms with Gasteiger partial charge >= 0.3 is 12.1 Å². The van der Waals surface area contributed by atoms with Crippen LogP contribution in [-0.2, 0) is 13.1 Å². The SMILES string of the molecule is CN(C)c1ncc(-c2ccc(CN(Cc3ccccc3)C(=O)c3cc(=O)[nH]c(=O)[nH]3)c(OC(F)(F)F)c2)cn1. The molecule has 202 valence electrons. The second kappa shape index (κ2) is 11.2. The molecule has 4 rings (SSSR count). The molecule has 1 amide bonds. The van der Waals surface area contributed by atoms with Gasteiger partial charge in [-0.3, -0.25) is 14.6 Å². The van der Waals surface area contributed by atoms with Crippen LogP contribution < -0.4 is 20.9 Å². The summed E-state index contributed by atoms with van der Waals surface area (Å²) < 4.78 is 44.5. The predicted molar refractivity (Wildman–Crippen MR) is 136 cm³/mol. The Bertz CT molecular complexity index is 1540. The zero-order chi connectivity index (χ0) is 28.2. The lowest BCUT2D eigenvalue weighted by atomic mass is 10.0. The lowest BCUT2D eigenvalue weighted by Gasteiger charge is -2.24. The molecule has 2 heterocycles. The van der Waals surface area contributed by atoms with E-state index in [-0.39, 0.29) is 24.3 Å². The number of anilines is 1. The quantitative estimate of drug-likeness (QED) is 0.351. The number of alkyl halides is 3. The molecule has 2 N–H and O–H groups in total. The normalized spacial score (nSPS) is 11.2. The standard InChI is InChI=1S/C26H23F3N6O4/c1-34(2)24-30-12-19(13-31-24)17-8-9-18(21(10-17)39-26(27,28)29)15-35(14-16-6-4-3-5-7-16)23(37)20-11-22(36)33-25(38)32-20/h3-13H,14-15H2,1-2H3,(H2,32,33,36,38). The smallest absolute Gasteiger partial charge is 0.405 e. The topological polar surface area (TPSA) is 124 Å². The molecule has 0 aliphatic rings. The number of aromatic amines is 2. The van der Waals surface area contributed by atoms with Crippen LogP contribution in [0.25, 0.3) is 11.1 Å². The second-order valence-electron chi connectivity index (χ2n) is 8.68. The summed E-state index contributed by atoms with van der Waals surface area (Å²) in [6.45, 7) is -0.355. The monoisotopic (exact) mass is 540 g/mol. The van der Waals surface area contributed by atoms with E-state index < -0.39 is 29.3 Å². The van der Waals surface area contributed by atoms with Crippen LogP contribution in [0.3, 0.4) is 0 Å². The van der Waals surface area contributed by atoms with Crippen molar-refractivity contribution in [2.45, 2.75) is 19.5 Å². The van der Waals surface area contributed by atoms with Gasteiger partial charge in [0.15, 0.2) is 0 Å². The van der Waals surface area contributed by atoms with Crippen molar-refractivity contribution < 1.29 is 22.7 Å². The molecule has 0 saturated carbocycles. The highest BCUT2D eigenvalue weighted by atomic mass is 19.4. The van der Waals surface area contributed by atoms with Gasteiger partial charge in [0.1, 0.15) is 11.4 Å². The molecule has 0 unspecified atom stereocenters. The zero-order valence-electron chi connectivity index (χ0n) is 20.8. The number of benzene rings is 2. The first kappa shape index (κ1) is 27.1. The van der Waals surface area contributed by atoms with Crippen LogP contribution >= 0.6 is 0 Å². The van der Waals surface area contributed by atoms with Crippen LogP contribution in [0.1, 0.15) is 21.6 Å². The molecule has 4 aromatic rings. The molecule has 10 nitrogen and oxygen atoms in total. The van der Waals surface area contributed by atoms with Crippen LogP contribution in [0, 0.1) is 0 Å². The third-order valence-corrected chi connectivity index (χ3v) is 5.52. The first-order valence-corrected chi connectivity index (χ1v) is 11.5. The van der Waals surface area contributed by atoms with Crippen molar-refractivity contribution in [1.82, 2.24) is 24.8 Å². The van der Waals surface area contributed by atoms with Crippen molar-refractivity contribution in [2.75, 3.05) is 19.0 Å². The Morgan fingerprint density at radius 1 is 0.923 bits per heavy atom. The minimum absolute atomic E-state index is 0.0262. The number of ether oxygens (including phenoxy) is 1. The zero-order valence-corrected chi connectivity index (χ0v) is 20.8. The molecular weight excluding hydrogens is 517 g/mol. The number of hydrogen-bond acceptors (Lipinski definition) is 7. The van der Waals surface area contributed by atoms with E-state index in [1.54, 1.807) is 55.4 Å². The van der Waals surface area contributed by atoms with E-state index in [0.29, 0.717) is 22.6 Å². The number of nitrogens with one attached hydrogen (secondary N) is 2. The molecule has 0 aliphatic heterocycles. The summed E-state index contributed by atoms with van der Waals surface area (Å²) in [6, 6.07) is 13.8. The number of nitrogens with zero attached hydrogens (tertiary/aromatic N) is 4. The van der Waals surface area contributed by atoms with E-state index in [1.165, 1.54) is 29.4 Å². The van der Waals surface area contributed by atoms with Crippen LogP contribution in [0.15, 0.2) is 76.6 Å². The molecule has 0 aliphatic carbocycles. The van der Waals surface area contributed by atoms with Gasteiger partial charge in [-0.1, -0.05) is 42.5 Å². The number of rotatable bonds is 8. The van der Waals surface area contributed by atoms with Gasteiger partial charge in [-0.15, -0.1) is 13.2 Å². The maximum Gasteiger partial charge on any atom is 0.573 e. The van der Waals surface area contributed by atoms with E-state index in [2.05, 4.69) is 19.7 Å². The Balaban J connectivity index is 1.73. The van der Waals surface area contributed by atoms with Gasteiger partial charge in [0.05, 0.1) is 6.54 Å². The average molecular weight is 541 g/mol. The van der Waals surface area contributed by atoms with Crippen molar-refractivity contribution in [1.29, 1.82) is 0 Å². The lowest BCUT2D eigenvalue weighted by Crippen LogP contribution is -2.34. The van der Waals surface area contributed by atoms with Gasteiger partial charge in [-0.2, -0.15) is 0 Å². The Morgan fingerprint density at radius 3 is 2.23 bits per heavy atom. The van der Waals surface area contributed by atoms with Gasteiger partial charge < -0.3 is 19.5 Å². The van der Waals surface area contributed by atoms with E-state index in [0.717, 1.165) is 6.07 Å². The van der Waals surface area contributed by atoms with Crippen LogP contribution in [-0.4, -0.2) is 51.2 Å². The highest BCUT2D eigenvalue weighted by Crippen LogP contribution is 2.32. The molecule has 0 atom stereocenters. The Morgan fingerprint density at radius 2 is 1.62 bits per heavy atom. The van der Waals surface area contributed by atoms with Gasteiger partial charge in [0.25, 0.3) is 11.5 Å². The van der Waals surface area contributed by atoms with Crippen molar-refractivity contribution in [2.24, 2.45) is 0 Å². The third kappa shape index (κ3) is 7.09. The number of carbonyl (C=O) groups is 1. The predicted octanol–water partition coefficient (Wildman–Crippen LogP) is 3.33. The summed E-state index contributed by atoms with van der Waals surface area (Å²) in [5.74, 6) is -0.867.